The summed E-state index contributed by atoms with van der Waals surface area (Å²) < 4.78 is 5.22. The molecule has 19 heavy (non-hydrogen) atoms. The second-order valence-corrected chi connectivity index (χ2v) is 6.20. The Kier molecular flexibility index (Phi) is 3.38. The van der Waals surface area contributed by atoms with Gasteiger partial charge in [0.25, 0.3) is 0 Å². The summed E-state index contributed by atoms with van der Waals surface area (Å²) in [6.07, 6.45) is 8.57. The van der Waals surface area contributed by atoms with Crippen LogP contribution < -0.4 is 5.63 Å². The fraction of sp³-hybridized carbons (Fsp3) is 0.688. The molecular weight excluding hydrogens is 240 g/mol. The van der Waals surface area contributed by atoms with E-state index in [1.165, 1.54) is 44.9 Å². The molecule has 1 atom stereocenters. The fourth-order valence-electron chi connectivity index (χ4n) is 3.72. The van der Waals surface area contributed by atoms with Crippen molar-refractivity contribution in [1.29, 1.82) is 0 Å². The number of hydrogen-bond donors (Lipinski definition) is 1. The number of hydrogen-bond acceptors (Lipinski definition) is 3. The van der Waals surface area contributed by atoms with Crippen LogP contribution in [0.15, 0.2) is 15.3 Å². The smallest absolute Gasteiger partial charge is 0.343 e. The minimum atomic E-state index is -0.319. The van der Waals surface area contributed by atoms with Crippen molar-refractivity contribution in [3.8, 4) is 5.75 Å². The summed E-state index contributed by atoms with van der Waals surface area (Å²) in [7, 11) is 0. The highest BCUT2D eigenvalue weighted by atomic mass is 16.4. The van der Waals surface area contributed by atoms with Gasteiger partial charge in [-0.25, -0.2) is 4.79 Å². The molecule has 0 amide bonds. The van der Waals surface area contributed by atoms with Gasteiger partial charge in [0.15, 0.2) is 0 Å². The van der Waals surface area contributed by atoms with E-state index < -0.39 is 0 Å². The van der Waals surface area contributed by atoms with Crippen molar-refractivity contribution < 1.29 is 9.52 Å². The van der Waals surface area contributed by atoms with Crippen LogP contribution in [0.3, 0.4) is 0 Å². The van der Waals surface area contributed by atoms with Gasteiger partial charge in [-0.15, -0.1) is 0 Å². The summed E-state index contributed by atoms with van der Waals surface area (Å²) >= 11 is 0. The maximum absolute atomic E-state index is 12.2. The molecule has 2 saturated carbocycles. The first kappa shape index (κ1) is 12.8. The quantitative estimate of drug-likeness (QED) is 0.903. The summed E-state index contributed by atoms with van der Waals surface area (Å²) in [4.78, 5) is 12.2. The molecule has 0 saturated heterocycles. The van der Waals surface area contributed by atoms with E-state index in [9.17, 15) is 9.90 Å². The molecule has 0 radical (unpaired) electrons. The predicted molar refractivity (Wildman–Crippen MR) is 73.4 cm³/mol. The first-order chi connectivity index (χ1) is 9.16. The van der Waals surface area contributed by atoms with Crippen molar-refractivity contribution in [2.75, 3.05) is 0 Å². The largest absolute Gasteiger partial charge is 0.507 e. The van der Waals surface area contributed by atoms with Crippen molar-refractivity contribution in [3.63, 3.8) is 0 Å². The maximum atomic E-state index is 12.2. The Morgan fingerprint density at radius 3 is 2.37 bits per heavy atom. The van der Waals surface area contributed by atoms with Crippen LogP contribution in [0.4, 0.5) is 0 Å². The van der Waals surface area contributed by atoms with E-state index in [1.807, 2.05) is 0 Å². The molecule has 104 valence electrons. The molecule has 1 aromatic rings. The third-order valence-electron chi connectivity index (χ3n) is 4.71. The highest BCUT2D eigenvalue weighted by molar-refractivity contribution is 5.34. The minimum absolute atomic E-state index is 0.149. The summed E-state index contributed by atoms with van der Waals surface area (Å²) in [5.41, 5.74) is 0.236. The van der Waals surface area contributed by atoms with Crippen molar-refractivity contribution in [2.24, 2.45) is 11.8 Å². The van der Waals surface area contributed by atoms with Crippen LogP contribution in [0.5, 0.6) is 5.75 Å². The molecule has 2 aliphatic rings. The lowest BCUT2D eigenvalue weighted by Gasteiger charge is -2.30. The van der Waals surface area contributed by atoms with E-state index in [2.05, 4.69) is 0 Å². The highest BCUT2D eigenvalue weighted by Crippen LogP contribution is 2.51. The van der Waals surface area contributed by atoms with Gasteiger partial charge in [-0.05, 0) is 44.4 Å². The molecule has 3 nitrogen and oxygen atoms in total. The molecule has 1 heterocycles. The first-order valence-corrected chi connectivity index (χ1v) is 7.50. The van der Waals surface area contributed by atoms with E-state index in [1.54, 1.807) is 13.0 Å². The van der Waals surface area contributed by atoms with Crippen molar-refractivity contribution in [2.45, 2.75) is 57.8 Å². The zero-order valence-corrected chi connectivity index (χ0v) is 11.5. The Balaban J connectivity index is 1.98. The summed E-state index contributed by atoms with van der Waals surface area (Å²) in [6.45, 7) is 1.71. The fourth-order valence-corrected chi connectivity index (χ4v) is 3.72. The predicted octanol–water partition coefficient (Wildman–Crippen LogP) is 3.73. The van der Waals surface area contributed by atoms with E-state index in [0.29, 0.717) is 23.2 Å². The Morgan fingerprint density at radius 2 is 1.79 bits per heavy atom. The highest BCUT2D eigenvalue weighted by Gasteiger charge is 2.41. The van der Waals surface area contributed by atoms with E-state index in [-0.39, 0.29) is 17.3 Å². The van der Waals surface area contributed by atoms with Crippen molar-refractivity contribution in [1.82, 2.24) is 0 Å². The Morgan fingerprint density at radius 1 is 1.16 bits per heavy atom. The van der Waals surface area contributed by atoms with Crippen LogP contribution in [0.1, 0.15) is 62.2 Å². The molecule has 1 unspecified atom stereocenters. The second-order valence-electron chi connectivity index (χ2n) is 6.20. The Labute approximate surface area is 113 Å². The average molecular weight is 262 g/mol. The van der Waals surface area contributed by atoms with Gasteiger partial charge in [0.1, 0.15) is 11.5 Å². The molecule has 2 fully saturated rings. The Bertz CT molecular complexity index is 507. The molecule has 3 rings (SSSR count). The van der Waals surface area contributed by atoms with E-state index >= 15 is 0 Å². The monoisotopic (exact) mass is 262 g/mol. The third kappa shape index (κ3) is 2.56. The Hall–Kier alpha value is -1.25. The van der Waals surface area contributed by atoms with Crippen LogP contribution in [-0.2, 0) is 0 Å². The molecule has 1 aromatic heterocycles. The molecular formula is C16H22O3. The molecule has 0 aliphatic heterocycles. The molecule has 0 spiro atoms. The second kappa shape index (κ2) is 5.03. The zero-order valence-electron chi connectivity index (χ0n) is 11.5. The van der Waals surface area contributed by atoms with Gasteiger partial charge < -0.3 is 9.52 Å². The number of rotatable bonds is 3. The SMILES string of the molecule is Cc1cc(O)c(C(C2CCCCC2)C2CC2)c(=O)o1. The van der Waals surface area contributed by atoms with Gasteiger partial charge in [0, 0.05) is 12.0 Å². The molecule has 1 N–H and O–H groups in total. The first-order valence-electron chi connectivity index (χ1n) is 7.50. The van der Waals surface area contributed by atoms with Crippen LogP contribution in [0, 0.1) is 18.8 Å². The van der Waals surface area contributed by atoms with Crippen LogP contribution >= 0.6 is 0 Å². The van der Waals surface area contributed by atoms with Crippen molar-refractivity contribution in [3.05, 3.63) is 27.8 Å². The van der Waals surface area contributed by atoms with Crippen molar-refractivity contribution >= 4 is 0 Å². The average Bonchev–Trinajstić information content (AvgIpc) is 3.18. The van der Waals surface area contributed by atoms with Gasteiger partial charge in [-0.3, -0.25) is 0 Å². The third-order valence-corrected chi connectivity index (χ3v) is 4.71. The minimum Gasteiger partial charge on any atom is -0.507 e. The molecule has 2 aliphatic carbocycles. The topological polar surface area (TPSA) is 50.4 Å². The standard InChI is InChI=1S/C16H22O3/c1-10-9-13(17)15(16(18)19-10)14(12-7-8-12)11-5-3-2-4-6-11/h9,11-12,14,17H,2-8H2,1H3. The number of aryl methyl sites for hydroxylation is 1. The zero-order chi connectivity index (χ0) is 13.4. The van der Waals surface area contributed by atoms with Crippen LogP contribution in [0.2, 0.25) is 0 Å². The van der Waals surface area contributed by atoms with Crippen LogP contribution in [-0.4, -0.2) is 5.11 Å². The summed E-state index contributed by atoms with van der Waals surface area (Å²) in [6, 6.07) is 1.59. The number of aromatic hydroxyl groups is 1. The van der Waals surface area contributed by atoms with Gasteiger partial charge in [-0.1, -0.05) is 19.3 Å². The van der Waals surface area contributed by atoms with Gasteiger partial charge in [-0.2, -0.15) is 0 Å². The molecule has 0 aromatic carbocycles. The normalized spacial score (nSPS) is 22.4. The molecule has 3 heteroatoms. The summed E-state index contributed by atoms with van der Waals surface area (Å²) in [5.74, 6) is 2.00. The molecule has 0 bridgehead atoms. The van der Waals surface area contributed by atoms with Crippen LogP contribution in [0.25, 0.3) is 0 Å². The maximum Gasteiger partial charge on any atom is 0.343 e. The lowest BCUT2D eigenvalue weighted by molar-refractivity contribution is 0.272. The van der Waals surface area contributed by atoms with E-state index in [4.69, 9.17) is 4.42 Å². The lowest BCUT2D eigenvalue weighted by atomic mass is 9.74. The summed E-state index contributed by atoms with van der Waals surface area (Å²) in [5, 5.41) is 10.2. The van der Waals surface area contributed by atoms with Gasteiger partial charge in [0.2, 0.25) is 0 Å². The van der Waals surface area contributed by atoms with Gasteiger partial charge in [0.05, 0.1) is 5.56 Å². The van der Waals surface area contributed by atoms with E-state index in [0.717, 1.165) is 0 Å². The lowest BCUT2D eigenvalue weighted by Crippen LogP contribution is -2.23. The van der Waals surface area contributed by atoms with Gasteiger partial charge >= 0.3 is 5.63 Å².